The van der Waals surface area contributed by atoms with Gasteiger partial charge < -0.3 is 31.7 Å². The zero-order chi connectivity index (χ0) is 82.3. The first-order valence-corrected chi connectivity index (χ1v) is 48.9. The van der Waals surface area contributed by atoms with Crippen LogP contribution < -0.4 is 0 Å². The molecule has 0 unspecified atom stereocenters. The van der Waals surface area contributed by atoms with Crippen molar-refractivity contribution in [3.8, 4) is 28.4 Å². The summed E-state index contributed by atoms with van der Waals surface area (Å²) in [6.07, 6.45) is 0. The summed E-state index contributed by atoms with van der Waals surface area (Å²) < 4.78 is 47.1. The van der Waals surface area contributed by atoms with Gasteiger partial charge in [0.1, 0.15) is 16.7 Å². The monoisotopic (exact) mass is 1750 g/mol. The van der Waals surface area contributed by atoms with Crippen LogP contribution in [-0.4, -0.2) is 22.8 Å². The third kappa shape index (κ3) is 10.7. The van der Waals surface area contributed by atoms with Gasteiger partial charge >= 0.3 is 0 Å². The zero-order valence-electron chi connectivity index (χ0n) is 68.8. The van der Waals surface area contributed by atoms with E-state index in [9.17, 15) is 0 Å². The second-order valence-corrected chi connectivity index (χ2v) is 43.7. The van der Waals surface area contributed by atoms with E-state index in [-0.39, 0.29) is 0 Å². The van der Waals surface area contributed by atoms with Crippen LogP contribution in [0.15, 0.2) is 251 Å². The molecule has 0 spiro atoms. The molecule has 16 aromatic heterocycles. The number of furan rings is 2. The summed E-state index contributed by atoms with van der Waals surface area (Å²) in [5, 5.41) is 12.9. The molecular formula is C107H73N5O2S9. The summed E-state index contributed by atoms with van der Waals surface area (Å²) in [6, 6.07) is 91.2. The highest BCUT2D eigenvalue weighted by atomic mass is 32.1. The highest BCUT2D eigenvalue weighted by molar-refractivity contribution is 7.41. The van der Waals surface area contributed by atoms with E-state index in [1.165, 1.54) is 251 Å². The van der Waals surface area contributed by atoms with Gasteiger partial charge in [0.15, 0.2) is 11.2 Å². The molecule has 0 saturated carbocycles. The van der Waals surface area contributed by atoms with Crippen molar-refractivity contribution in [2.45, 2.75) is 76.2 Å². The Kier molecular flexibility index (Phi) is 15.7. The quantitative estimate of drug-likeness (QED) is 0.172. The average molecular weight is 1750 g/mol. The lowest BCUT2D eigenvalue weighted by atomic mass is 10.1. The van der Waals surface area contributed by atoms with Gasteiger partial charge in [-0.25, -0.2) is 0 Å². The maximum atomic E-state index is 6.74. The van der Waals surface area contributed by atoms with Gasteiger partial charge in [0.2, 0.25) is 0 Å². The molecule has 0 bridgehead atoms. The van der Waals surface area contributed by atoms with Crippen molar-refractivity contribution < 1.29 is 8.83 Å². The van der Waals surface area contributed by atoms with Gasteiger partial charge in [-0.05, 0) is 232 Å². The summed E-state index contributed by atoms with van der Waals surface area (Å²) in [6.45, 7) is 23.9. The second kappa shape index (κ2) is 26.6. The number of nitrogens with zero attached hydrogens (tertiary/aromatic N) is 5. The first-order valence-electron chi connectivity index (χ1n) is 41.5. The number of hydrogen-bond acceptors (Lipinski definition) is 11. The third-order valence-electron chi connectivity index (χ3n) is 25.2. The fourth-order valence-corrected chi connectivity index (χ4v) is 31.0. The lowest BCUT2D eigenvalue weighted by Gasteiger charge is -2.10. The third-order valence-corrected chi connectivity index (χ3v) is 36.0. The normalized spacial score (nSPS) is 12.5. The van der Waals surface area contributed by atoms with Gasteiger partial charge in [0, 0.05) is 120 Å². The highest BCUT2D eigenvalue weighted by Crippen LogP contribution is 2.56. The summed E-state index contributed by atoms with van der Waals surface area (Å²) in [7, 11) is 0. The lowest BCUT2D eigenvalue weighted by Crippen LogP contribution is -1.95. The van der Waals surface area contributed by atoms with Crippen LogP contribution >= 0.6 is 102 Å². The Morgan fingerprint density at radius 3 is 0.967 bits per heavy atom. The Morgan fingerprint density at radius 1 is 0.179 bits per heavy atom. The predicted molar refractivity (Wildman–Crippen MR) is 544 cm³/mol. The predicted octanol–water partition coefficient (Wildman–Crippen LogP) is 35.2. The summed E-state index contributed by atoms with van der Waals surface area (Å²) in [4.78, 5) is 2.70. The van der Waals surface area contributed by atoms with Crippen molar-refractivity contribution in [1.29, 1.82) is 0 Å². The van der Waals surface area contributed by atoms with Crippen LogP contribution in [0.3, 0.4) is 0 Å². The molecule has 0 radical (unpaired) electrons. The Balaban J connectivity index is 0.0000000990. The largest absolute Gasteiger partial charge is 0.454 e. The number of rotatable bonds is 5. The minimum absolute atomic E-state index is 0.916. The Labute approximate surface area is 740 Å². The molecule has 12 aromatic carbocycles. The zero-order valence-corrected chi connectivity index (χ0v) is 76.2. The van der Waals surface area contributed by atoms with Crippen LogP contribution in [-0.2, 0) is 0 Å². The van der Waals surface area contributed by atoms with E-state index in [0.29, 0.717) is 0 Å². The molecule has 0 atom stereocenters. The number of thiophene rings is 9. The highest BCUT2D eigenvalue weighted by Gasteiger charge is 2.30. The van der Waals surface area contributed by atoms with Crippen molar-refractivity contribution >= 4 is 309 Å². The van der Waals surface area contributed by atoms with E-state index in [1.54, 1.807) is 0 Å². The van der Waals surface area contributed by atoms with Crippen LogP contribution in [0.2, 0.25) is 0 Å². The van der Waals surface area contributed by atoms with Crippen molar-refractivity contribution in [3.63, 3.8) is 0 Å². The minimum Gasteiger partial charge on any atom is -0.454 e. The minimum atomic E-state index is 0.916. The van der Waals surface area contributed by atoms with Gasteiger partial charge in [-0.15, -0.1) is 102 Å². The summed E-state index contributed by atoms with van der Waals surface area (Å²) >= 11 is 17.0. The van der Waals surface area contributed by atoms with Gasteiger partial charge in [0.25, 0.3) is 0 Å². The van der Waals surface area contributed by atoms with Crippen LogP contribution in [0.4, 0.5) is 0 Å². The molecule has 28 rings (SSSR count). The fraction of sp³-hybridized carbons (Fsp3) is 0.103. The molecule has 0 aliphatic heterocycles. The second-order valence-electron chi connectivity index (χ2n) is 33.9. The van der Waals surface area contributed by atoms with Gasteiger partial charge in [-0.3, -0.25) is 0 Å². The molecule has 0 N–H and O–H groups in total. The molecular weight excluding hydrogens is 1680 g/mol. The Bertz CT molecular complexity index is 9070. The number of fused-ring (bicyclic) bond motifs is 34. The first kappa shape index (κ1) is 72.7. The molecule has 0 aliphatic carbocycles. The Morgan fingerprint density at radius 2 is 0.512 bits per heavy atom. The molecule has 592 valence electrons. The number of aromatic nitrogens is 5. The van der Waals surface area contributed by atoms with E-state index in [2.05, 4.69) is 342 Å². The molecule has 16 heteroatoms. The van der Waals surface area contributed by atoms with Crippen molar-refractivity contribution in [1.82, 2.24) is 22.8 Å². The first-order chi connectivity index (χ1) is 59.9. The summed E-state index contributed by atoms with van der Waals surface area (Å²) in [5.41, 5.74) is 34.1. The maximum Gasteiger partial charge on any atom is 0.171 e. The average Bonchev–Trinajstić information content (AvgIpc) is 1.54. The maximum absolute atomic E-state index is 6.74. The van der Waals surface area contributed by atoms with E-state index >= 15 is 0 Å². The SMILES string of the molecule is Cc1ccc(-n2c3c4cc5oc6c(sc7c8sc(C)cc8sc67)c5cc4oc3c3sc4cc(C)sc4c32)cc1.Cc1ccc(-n2c3cc(C)ccc3c3sc4cc5c(cc4c32)sc2c3ccc(C)cc3n(-c3ccc(C)cc3)c52)cc1.Cc1ccc(-n2c3cc4c5sc6cc(C)ccc6c5n(-c5ccc(C)cc5)c4cc3c3sc4cc(C)ccc4c32)cc1. The van der Waals surface area contributed by atoms with E-state index < -0.39 is 0 Å². The summed E-state index contributed by atoms with van der Waals surface area (Å²) in [5.74, 6) is 0. The van der Waals surface area contributed by atoms with E-state index in [4.69, 9.17) is 8.83 Å². The fourth-order valence-electron chi connectivity index (χ4n) is 19.4. The molecule has 0 aliphatic rings. The molecule has 7 nitrogen and oxygen atoms in total. The van der Waals surface area contributed by atoms with Gasteiger partial charge in [-0.2, -0.15) is 0 Å². The number of benzene rings is 12. The van der Waals surface area contributed by atoms with Crippen LogP contribution in [0.5, 0.6) is 0 Å². The standard InChI is InChI=1S/2C38H28N2S2.C31H17NO2S5/c1-21-5-11-25(12-6-21)39-31-19-30-32(20-29(31)37-35(39)27-15-9-23(3)17-33(27)41-37)40(26-13-7-22(2)8-14-26)36-28-16-10-24(4)18-34(28)42-38(30)36;1-21-5-11-25(12-6-21)39-31-17-23(3)9-15-27(31)37-35(39)29-19-34-30(20-33(29)41-37)36-38(42-34)28-16-10-24(4)18-32(28)40(36)26-13-7-22(2)8-14-26;1-12-4-6-15(7-5-12)32-22-16-10-19-17(26-25(34-19)30-31(39-26)28-21(38-30)9-14(3)36-28)11-18(16)33-24(22)29-23(32)27-20(37-29)8-13(2)35-27/h2*5-20H,1-4H3;4-11H,1-3H3. The molecule has 123 heavy (non-hydrogen) atoms. The van der Waals surface area contributed by atoms with Gasteiger partial charge in [0.05, 0.1) is 96.6 Å². The van der Waals surface area contributed by atoms with E-state index in [1.807, 2.05) is 102 Å². The topological polar surface area (TPSA) is 50.9 Å². The Hall–Kier alpha value is -11.9. The molecule has 16 heterocycles. The van der Waals surface area contributed by atoms with Crippen LogP contribution in [0.1, 0.15) is 59.8 Å². The van der Waals surface area contributed by atoms with Crippen LogP contribution in [0.25, 0.3) is 235 Å². The van der Waals surface area contributed by atoms with Crippen molar-refractivity contribution in [3.05, 3.63) is 302 Å². The smallest absolute Gasteiger partial charge is 0.171 e. The molecule has 0 amide bonds. The molecule has 28 aromatic rings. The lowest BCUT2D eigenvalue weighted by molar-refractivity contribution is 0.668. The molecule has 0 saturated heterocycles. The van der Waals surface area contributed by atoms with Crippen LogP contribution in [0, 0.1) is 76.2 Å². The van der Waals surface area contributed by atoms with E-state index in [0.717, 1.165) is 44.3 Å². The molecule has 0 fully saturated rings. The number of hydrogen-bond donors (Lipinski definition) is 0. The van der Waals surface area contributed by atoms with Gasteiger partial charge in [-0.1, -0.05) is 137 Å². The van der Waals surface area contributed by atoms with Crippen molar-refractivity contribution in [2.24, 2.45) is 0 Å². The van der Waals surface area contributed by atoms with Crippen molar-refractivity contribution in [2.75, 3.05) is 0 Å². The number of aryl methyl sites for hydroxylation is 11.